The van der Waals surface area contributed by atoms with Crippen LogP contribution in [0, 0.1) is 0 Å². The van der Waals surface area contributed by atoms with Gasteiger partial charge in [0.05, 0.1) is 22.0 Å². The predicted octanol–water partition coefficient (Wildman–Crippen LogP) is 3.28. The molecule has 1 atom stereocenters. The van der Waals surface area contributed by atoms with Gasteiger partial charge in [0.2, 0.25) is 5.95 Å². The van der Waals surface area contributed by atoms with Crippen LogP contribution in [0.5, 0.6) is 0 Å². The minimum absolute atomic E-state index is 0.102. The van der Waals surface area contributed by atoms with Gasteiger partial charge in [0.15, 0.2) is 5.65 Å². The summed E-state index contributed by atoms with van der Waals surface area (Å²) in [6.45, 7) is 2.06. The molecular weight excluding hydrogens is 296 g/mol. The number of aromatic amines is 1. The summed E-state index contributed by atoms with van der Waals surface area (Å²) in [4.78, 5) is 9.89. The topological polar surface area (TPSA) is 78.5 Å². The first kappa shape index (κ1) is 13.1. The molecule has 3 rings (SSSR count). The number of hydrogen-bond donors (Lipinski definition) is 3. The fourth-order valence-electron chi connectivity index (χ4n) is 1.89. The van der Waals surface area contributed by atoms with Gasteiger partial charge in [-0.2, -0.15) is 15.1 Å². The average molecular weight is 309 g/mol. The second kappa shape index (κ2) is 5.26. The summed E-state index contributed by atoms with van der Waals surface area (Å²) in [7, 11) is 1.78. The molecule has 0 aliphatic heterocycles. The van der Waals surface area contributed by atoms with Gasteiger partial charge in [-0.05, 0) is 19.1 Å². The second-order valence-corrected chi connectivity index (χ2v) is 6.03. The average Bonchev–Trinajstić information content (AvgIpc) is 3.06. The molecule has 0 spiro atoms. The number of thiophene rings is 1. The van der Waals surface area contributed by atoms with Gasteiger partial charge in [0.1, 0.15) is 5.82 Å². The molecule has 0 aliphatic rings. The fraction of sp³-hybridized carbons (Fsp3) is 0.250. The van der Waals surface area contributed by atoms with Crippen molar-refractivity contribution in [1.82, 2.24) is 20.2 Å². The highest BCUT2D eigenvalue weighted by Gasteiger charge is 2.13. The van der Waals surface area contributed by atoms with Crippen LogP contribution in [0.3, 0.4) is 0 Å². The molecular formula is C12H13ClN6S. The molecule has 6 nitrogen and oxygen atoms in total. The smallest absolute Gasteiger partial charge is 0.226 e. The van der Waals surface area contributed by atoms with E-state index in [1.807, 2.05) is 12.1 Å². The van der Waals surface area contributed by atoms with Crippen molar-refractivity contribution in [2.24, 2.45) is 0 Å². The lowest BCUT2D eigenvalue weighted by atomic mass is 10.2. The maximum Gasteiger partial charge on any atom is 0.226 e. The quantitative estimate of drug-likeness (QED) is 0.689. The Morgan fingerprint density at radius 3 is 2.90 bits per heavy atom. The van der Waals surface area contributed by atoms with Crippen LogP contribution in [-0.4, -0.2) is 27.2 Å². The van der Waals surface area contributed by atoms with Gasteiger partial charge in [-0.3, -0.25) is 5.10 Å². The SMILES string of the molecule is CNc1nc(NC(C)c2ccc(Cl)s2)c2cn[nH]c2n1. The Hall–Kier alpha value is -1.86. The van der Waals surface area contributed by atoms with Crippen molar-refractivity contribution in [3.05, 3.63) is 27.5 Å². The Bertz CT molecular complexity index is 736. The Labute approximate surface area is 124 Å². The lowest BCUT2D eigenvalue weighted by Gasteiger charge is -2.14. The second-order valence-electron chi connectivity index (χ2n) is 4.29. The summed E-state index contributed by atoms with van der Waals surface area (Å²) in [6.07, 6.45) is 1.71. The van der Waals surface area contributed by atoms with Crippen LogP contribution in [0.25, 0.3) is 11.0 Å². The summed E-state index contributed by atoms with van der Waals surface area (Å²) in [5.41, 5.74) is 0.697. The lowest BCUT2D eigenvalue weighted by molar-refractivity contribution is 0.898. The third-order valence-corrected chi connectivity index (χ3v) is 4.32. The van der Waals surface area contributed by atoms with Gasteiger partial charge in [0, 0.05) is 11.9 Å². The number of H-pyrrole nitrogens is 1. The summed E-state index contributed by atoms with van der Waals surface area (Å²) in [5, 5.41) is 14.0. The summed E-state index contributed by atoms with van der Waals surface area (Å²) >= 11 is 7.53. The molecule has 0 saturated heterocycles. The molecule has 0 aliphatic carbocycles. The highest BCUT2D eigenvalue weighted by atomic mass is 35.5. The Kier molecular flexibility index (Phi) is 3.45. The number of rotatable bonds is 4. The molecule has 1 unspecified atom stereocenters. The van der Waals surface area contributed by atoms with Crippen LogP contribution in [-0.2, 0) is 0 Å². The number of nitrogens with one attached hydrogen (secondary N) is 3. The number of nitrogens with zero attached hydrogens (tertiary/aromatic N) is 3. The monoisotopic (exact) mass is 308 g/mol. The molecule has 0 radical (unpaired) electrons. The van der Waals surface area contributed by atoms with E-state index in [0.717, 1.165) is 20.4 Å². The molecule has 3 aromatic heterocycles. The number of halogens is 1. The van der Waals surface area contributed by atoms with Crippen molar-refractivity contribution in [2.45, 2.75) is 13.0 Å². The van der Waals surface area contributed by atoms with Crippen molar-refractivity contribution in [3.8, 4) is 0 Å². The molecule has 8 heteroatoms. The Morgan fingerprint density at radius 1 is 1.35 bits per heavy atom. The molecule has 0 saturated carbocycles. The molecule has 3 N–H and O–H groups in total. The zero-order valence-corrected chi connectivity index (χ0v) is 12.5. The van der Waals surface area contributed by atoms with E-state index in [1.165, 1.54) is 0 Å². The maximum atomic E-state index is 5.97. The van der Waals surface area contributed by atoms with E-state index < -0.39 is 0 Å². The van der Waals surface area contributed by atoms with E-state index in [4.69, 9.17) is 11.6 Å². The van der Waals surface area contributed by atoms with Crippen LogP contribution in [0.4, 0.5) is 11.8 Å². The van der Waals surface area contributed by atoms with Crippen molar-refractivity contribution < 1.29 is 0 Å². The highest BCUT2D eigenvalue weighted by molar-refractivity contribution is 7.16. The molecule has 20 heavy (non-hydrogen) atoms. The van der Waals surface area contributed by atoms with E-state index >= 15 is 0 Å². The van der Waals surface area contributed by atoms with Gasteiger partial charge in [-0.25, -0.2) is 0 Å². The van der Waals surface area contributed by atoms with Gasteiger partial charge in [-0.1, -0.05) is 11.6 Å². The molecule has 0 amide bonds. The molecule has 104 valence electrons. The minimum Gasteiger partial charge on any atom is -0.362 e. The standard InChI is InChI=1S/C12H13ClN6S/c1-6(8-3-4-9(13)20-8)16-10-7-5-15-19-11(7)18-12(14-2)17-10/h3-6H,1-2H3,(H3,14,15,16,17,18,19). The largest absolute Gasteiger partial charge is 0.362 e. The fourth-order valence-corrected chi connectivity index (χ4v) is 2.96. The molecule has 3 heterocycles. The number of hydrogen-bond acceptors (Lipinski definition) is 6. The van der Waals surface area contributed by atoms with E-state index in [2.05, 4.69) is 37.7 Å². The first-order valence-electron chi connectivity index (χ1n) is 6.08. The number of fused-ring (bicyclic) bond motifs is 1. The molecule has 0 aromatic carbocycles. The van der Waals surface area contributed by atoms with E-state index in [-0.39, 0.29) is 6.04 Å². The van der Waals surface area contributed by atoms with Crippen LogP contribution >= 0.6 is 22.9 Å². The molecule has 0 bridgehead atoms. The first-order valence-corrected chi connectivity index (χ1v) is 7.27. The normalized spacial score (nSPS) is 12.6. The van der Waals surface area contributed by atoms with Crippen LogP contribution in [0.15, 0.2) is 18.3 Å². The van der Waals surface area contributed by atoms with E-state index in [0.29, 0.717) is 11.6 Å². The summed E-state index contributed by atoms with van der Waals surface area (Å²) in [6, 6.07) is 4.01. The lowest BCUT2D eigenvalue weighted by Crippen LogP contribution is -2.08. The summed E-state index contributed by atoms with van der Waals surface area (Å²) < 4.78 is 0.778. The minimum atomic E-state index is 0.102. The molecule has 0 fully saturated rings. The van der Waals surface area contributed by atoms with Crippen LogP contribution in [0.1, 0.15) is 17.8 Å². The van der Waals surface area contributed by atoms with Crippen LogP contribution < -0.4 is 10.6 Å². The van der Waals surface area contributed by atoms with Gasteiger partial charge >= 0.3 is 0 Å². The van der Waals surface area contributed by atoms with Gasteiger partial charge in [-0.15, -0.1) is 11.3 Å². The first-order chi connectivity index (χ1) is 9.67. The molecule has 3 aromatic rings. The highest BCUT2D eigenvalue weighted by Crippen LogP contribution is 2.30. The van der Waals surface area contributed by atoms with Gasteiger partial charge < -0.3 is 10.6 Å². The summed E-state index contributed by atoms with van der Waals surface area (Å²) in [5.74, 6) is 1.28. The third-order valence-electron chi connectivity index (χ3n) is 2.91. The predicted molar refractivity (Wildman–Crippen MR) is 82.6 cm³/mol. The Morgan fingerprint density at radius 2 is 2.20 bits per heavy atom. The van der Waals surface area contributed by atoms with Crippen molar-refractivity contribution in [1.29, 1.82) is 0 Å². The third kappa shape index (κ3) is 2.41. The van der Waals surface area contributed by atoms with Crippen LogP contribution in [0.2, 0.25) is 4.34 Å². The van der Waals surface area contributed by atoms with E-state index in [9.17, 15) is 0 Å². The Balaban J connectivity index is 1.95. The number of aromatic nitrogens is 4. The van der Waals surface area contributed by atoms with Crippen molar-refractivity contribution in [3.63, 3.8) is 0 Å². The van der Waals surface area contributed by atoms with Gasteiger partial charge in [0.25, 0.3) is 0 Å². The maximum absolute atomic E-state index is 5.97. The number of anilines is 2. The zero-order valence-electron chi connectivity index (χ0n) is 10.9. The zero-order chi connectivity index (χ0) is 14.1. The van der Waals surface area contributed by atoms with Crippen molar-refractivity contribution >= 4 is 45.7 Å². The van der Waals surface area contributed by atoms with E-state index in [1.54, 1.807) is 24.6 Å². The van der Waals surface area contributed by atoms with Crippen molar-refractivity contribution in [2.75, 3.05) is 17.7 Å².